The number of hydrogen-bond donors (Lipinski definition) is 2. The summed E-state index contributed by atoms with van der Waals surface area (Å²) in [5.74, 6) is -0.109. The highest BCUT2D eigenvalue weighted by Crippen LogP contribution is 2.08. The minimum absolute atomic E-state index is 0.109. The van der Waals surface area contributed by atoms with Gasteiger partial charge in [0.15, 0.2) is 0 Å². The lowest BCUT2D eigenvalue weighted by Gasteiger charge is -2.27. The number of thiocarbonyl (C=S) groups is 1. The van der Waals surface area contributed by atoms with Crippen molar-refractivity contribution in [3.63, 3.8) is 0 Å². The van der Waals surface area contributed by atoms with Crippen molar-refractivity contribution in [1.82, 2.24) is 5.32 Å². The molecule has 0 aromatic heterocycles. The average Bonchev–Trinajstić information content (AvgIpc) is 1.86. The van der Waals surface area contributed by atoms with Gasteiger partial charge in [0.25, 0.3) is 0 Å². The van der Waals surface area contributed by atoms with E-state index in [1.165, 1.54) is 6.92 Å². The summed E-state index contributed by atoms with van der Waals surface area (Å²) in [5.41, 5.74) is 4.92. The van der Waals surface area contributed by atoms with Crippen LogP contribution in [0, 0.1) is 0 Å². The highest BCUT2D eigenvalue weighted by atomic mass is 32.1. The molecule has 0 aliphatic heterocycles. The van der Waals surface area contributed by atoms with Gasteiger partial charge in [-0.3, -0.25) is 4.79 Å². The van der Waals surface area contributed by atoms with Gasteiger partial charge in [-0.05, 0) is 13.3 Å². The van der Waals surface area contributed by atoms with Crippen molar-refractivity contribution in [2.45, 2.75) is 32.7 Å². The minimum atomic E-state index is -0.527. The molecule has 0 heterocycles. The topological polar surface area (TPSA) is 55.1 Å². The molecule has 0 aliphatic carbocycles. The van der Waals surface area contributed by atoms with Crippen molar-refractivity contribution >= 4 is 23.1 Å². The number of hydrogen-bond acceptors (Lipinski definition) is 2. The molecule has 64 valence electrons. The van der Waals surface area contributed by atoms with Crippen LogP contribution < -0.4 is 11.1 Å². The molecular formula is C7H14N2OS. The van der Waals surface area contributed by atoms with E-state index in [9.17, 15) is 4.79 Å². The fourth-order valence-electron chi connectivity index (χ4n) is 0.713. The largest absolute Gasteiger partial charge is 0.391 e. The lowest BCUT2D eigenvalue weighted by Crippen LogP contribution is -2.53. The smallest absolute Gasteiger partial charge is 0.217 e. The van der Waals surface area contributed by atoms with E-state index in [1.54, 1.807) is 0 Å². The van der Waals surface area contributed by atoms with Gasteiger partial charge in [0.1, 0.15) is 0 Å². The zero-order valence-corrected chi connectivity index (χ0v) is 7.92. The van der Waals surface area contributed by atoms with Crippen LogP contribution in [0.4, 0.5) is 0 Å². The maximum absolute atomic E-state index is 10.7. The van der Waals surface area contributed by atoms with Crippen molar-refractivity contribution in [2.75, 3.05) is 0 Å². The van der Waals surface area contributed by atoms with E-state index in [0.717, 1.165) is 0 Å². The van der Waals surface area contributed by atoms with E-state index in [0.29, 0.717) is 11.4 Å². The van der Waals surface area contributed by atoms with Gasteiger partial charge in [0.05, 0.1) is 10.5 Å². The molecule has 0 saturated heterocycles. The first-order chi connectivity index (χ1) is 4.92. The molecular weight excluding hydrogens is 160 g/mol. The average molecular weight is 174 g/mol. The Morgan fingerprint density at radius 2 is 2.18 bits per heavy atom. The Balaban J connectivity index is 4.34. The van der Waals surface area contributed by atoms with Crippen molar-refractivity contribution < 1.29 is 4.79 Å². The van der Waals surface area contributed by atoms with Crippen LogP contribution >= 0.6 is 12.2 Å². The SMILES string of the molecule is CCC(C)(NC(C)=O)C(N)=S. The molecule has 0 bridgehead atoms. The third-order valence-electron chi connectivity index (χ3n) is 1.70. The normalized spacial score (nSPS) is 15.2. The number of nitrogens with two attached hydrogens (primary N) is 1. The van der Waals surface area contributed by atoms with E-state index >= 15 is 0 Å². The zero-order valence-electron chi connectivity index (χ0n) is 7.10. The van der Waals surface area contributed by atoms with Crippen molar-refractivity contribution in [3.8, 4) is 0 Å². The third-order valence-corrected chi connectivity index (χ3v) is 2.15. The van der Waals surface area contributed by atoms with Crippen molar-refractivity contribution in [3.05, 3.63) is 0 Å². The third kappa shape index (κ3) is 2.84. The zero-order chi connectivity index (χ0) is 9.07. The Morgan fingerprint density at radius 3 is 2.27 bits per heavy atom. The van der Waals surface area contributed by atoms with Crippen molar-refractivity contribution in [2.24, 2.45) is 5.73 Å². The van der Waals surface area contributed by atoms with Gasteiger partial charge in [0.2, 0.25) is 5.91 Å². The molecule has 4 heteroatoms. The molecule has 1 unspecified atom stereocenters. The maximum atomic E-state index is 10.7. The van der Waals surface area contributed by atoms with Gasteiger partial charge in [-0.15, -0.1) is 0 Å². The van der Waals surface area contributed by atoms with Crippen LogP contribution in [0.15, 0.2) is 0 Å². The Kier molecular flexibility index (Phi) is 3.45. The van der Waals surface area contributed by atoms with Crippen LogP contribution in [-0.2, 0) is 4.79 Å². The molecule has 0 fully saturated rings. The summed E-state index contributed by atoms with van der Waals surface area (Å²) in [7, 11) is 0. The van der Waals surface area contributed by atoms with Crippen LogP contribution in [0.2, 0.25) is 0 Å². The van der Waals surface area contributed by atoms with Gasteiger partial charge < -0.3 is 11.1 Å². The van der Waals surface area contributed by atoms with E-state index < -0.39 is 5.54 Å². The molecule has 0 aliphatic rings. The number of carbonyl (C=O) groups is 1. The predicted octanol–water partition coefficient (Wildman–Crippen LogP) is 0.577. The summed E-state index contributed by atoms with van der Waals surface area (Å²) >= 11 is 4.81. The first kappa shape index (κ1) is 10.4. The Bertz CT molecular complexity index is 181. The summed E-state index contributed by atoms with van der Waals surface area (Å²) in [6.45, 7) is 5.19. The lowest BCUT2D eigenvalue weighted by molar-refractivity contribution is -0.120. The molecule has 1 amide bonds. The molecule has 0 aromatic carbocycles. The monoisotopic (exact) mass is 174 g/mol. The molecule has 11 heavy (non-hydrogen) atoms. The van der Waals surface area contributed by atoms with Crippen LogP contribution in [0.1, 0.15) is 27.2 Å². The highest BCUT2D eigenvalue weighted by Gasteiger charge is 2.25. The molecule has 0 aromatic rings. The standard InChI is InChI=1S/C7H14N2OS/c1-4-7(3,6(8)11)9-5(2)10/h4H2,1-3H3,(H2,8,11)(H,9,10). The number of amides is 1. The van der Waals surface area contributed by atoms with Gasteiger partial charge >= 0.3 is 0 Å². The molecule has 3 N–H and O–H groups in total. The van der Waals surface area contributed by atoms with E-state index in [1.807, 2.05) is 13.8 Å². The van der Waals surface area contributed by atoms with Gasteiger partial charge in [-0.2, -0.15) is 0 Å². The van der Waals surface area contributed by atoms with Gasteiger partial charge in [0, 0.05) is 6.92 Å². The summed E-state index contributed by atoms with van der Waals surface area (Å²) in [6, 6.07) is 0. The molecule has 0 rings (SSSR count). The molecule has 0 spiro atoms. The molecule has 0 saturated carbocycles. The second-order valence-electron chi connectivity index (χ2n) is 2.73. The second kappa shape index (κ2) is 3.67. The quantitative estimate of drug-likeness (QED) is 0.615. The maximum Gasteiger partial charge on any atom is 0.217 e. The Hall–Kier alpha value is -0.640. The summed E-state index contributed by atoms with van der Waals surface area (Å²) in [4.78, 5) is 11.0. The molecule has 1 atom stereocenters. The van der Waals surface area contributed by atoms with Crippen LogP contribution in [0.25, 0.3) is 0 Å². The minimum Gasteiger partial charge on any atom is -0.391 e. The first-order valence-electron chi connectivity index (χ1n) is 3.51. The molecule has 3 nitrogen and oxygen atoms in total. The number of nitrogens with one attached hydrogen (secondary N) is 1. The van der Waals surface area contributed by atoms with Crippen molar-refractivity contribution in [1.29, 1.82) is 0 Å². The summed E-state index contributed by atoms with van der Waals surface area (Å²) in [6.07, 6.45) is 0.710. The van der Waals surface area contributed by atoms with Gasteiger partial charge in [-0.1, -0.05) is 19.1 Å². The highest BCUT2D eigenvalue weighted by molar-refractivity contribution is 7.80. The predicted molar refractivity (Wildman–Crippen MR) is 49.3 cm³/mol. The number of carbonyl (C=O) groups excluding carboxylic acids is 1. The second-order valence-corrected chi connectivity index (χ2v) is 3.17. The Morgan fingerprint density at radius 1 is 1.73 bits per heavy atom. The van der Waals surface area contributed by atoms with Crippen LogP contribution in [0.3, 0.4) is 0 Å². The van der Waals surface area contributed by atoms with E-state index in [4.69, 9.17) is 18.0 Å². The van der Waals surface area contributed by atoms with E-state index in [2.05, 4.69) is 5.32 Å². The first-order valence-corrected chi connectivity index (χ1v) is 3.92. The van der Waals surface area contributed by atoms with Crippen LogP contribution in [0.5, 0.6) is 0 Å². The summed E-state index contributed by atoms with van der Waals surface area (Å²) < 4.78 is 0. The van der Waals surface area contributed by atoms with E-state index in [-0.39, 0.29) is 5.91 Å². The fourth-order valence-corrected chi connectivity index (χ4v) is 0.908. The number of rotatable bonds is 3. The molecule has 0 radical (unpaired) electrons. The fraction of sp³-hybridized carbons (Fsp3) is 0.714. The summed E-state index contributed by atoms with van der Waals surface area (Å²) in [5, 5.41) is 2.70. The van der Waals surface area contributed by atoms with Gasteiger partial charge in [-0.25, -0.2) is 0 Å². The van der Waals surface area contributed by atoms with Crippen LogP contribution in [-0.4, -0.2) is 16.4 Å². The Labute approximate surface area is 72.3 Å². The lowest BCUT2D eigenvalue weighted by atomic mass is 9.99.